The molecule has 0 saturated carbocycles. The standard InChI is InChI=1S/C10H18N4O7/c11-1-7(17)13-5(3-15)9(19)21-10(20)6(4-16)14-8(18)2-12/h5-6,15-16H,1-4,11-12H2,(H,13,17)(H,14,18)/t5-,6-/m0/s1. The number of hydrogen-bond acceptors (Lipinski definition) is 9. The van der Waals surface area contributed by atoms with Crippen molar-refractivity contribution in [3.05, 3.63) is 0 Å². The van der Waals surface area contributed by atoms with E-state index in [-0.39, 0.29) is 0 Å². The van der Waals surface area contributed by atoms with E-state index >= 15 is 0 Å². The number of nitrogens with two attached hydrogens (primary N) is 2. The molecule has 0 aromatic carbocycles. The smallest absolute Gasteiger partial charge is 0.338 e. The molecule has 0 heterocycles. The molecule has 2 atom stereocenters. The fourth-order valence-corrected chi connectivity index (χ4v) is 1.11. The molecule has 0 aromatic rings. The lowest BCUT2D eigenvalue weighted by atomic mass is 10.3. The molecule has 11 nitrogen and oxygen atoms in total. The number of ether oxygens (including phenoxy) is 1. The van der Waals surface area contributed by atoms with Gasteiger partial charge in [-0.3, -0.25) is 9.59 Å². The van der Waals surface area contributed by atoms with Gasteiger partial charge in [0.05, 0.1) is 26.3 Å². The maximum Gasteiger partial charge on any atom is 0.338 e. The first-order valence-electron chi connectivity index (χ1n) is 5.85. The van der Waals surface area contributed by atoms with Gasteiger partial charge in [-0.15, -0.1) is 0 Å². The monoisotopic (exact) mass is 306 g/mol. The molecule has 0 saturated heterocycles. The average molecular weight is 306 g/mol. The summed E-state index contributed by atoms with van der Waals surface area (Å²) in [4.78, 5) is 45.1. The van der Waals surface area contributed by atoms with Crippen LogP contribution >= 0.6 is 0 Å². The summed E-state index contributed by atoms with van der Waals surface area (Å²) in [6.45, 7) is -2.50. The van der Waals surface area contributed by atoms with E-state index in [4.69, 9.17) is 21.7 Å². The van der Waals surface area contributed by atoms with Crippen LogP contribution in [0.2, 0.25) is 0 Å². The summed E-state index contributed by atoms with van der Waals surface area (Å²) < 4.78 is 4.34. The van der Waals surface area contributed by atoms with Crippen molar-refractivity contribution in [3.63, 3.8) is 0 Å². The molecule has 2 amide bonds. The Balaban J connectivity index is 4.61. The first-order chi connectivity index (χ1) is 9.89. The highest BCUT2D eigenvalue weighted by molar-refractivity contribution is 5.94. The molecule has 0 aromatic heterocycles. The van der Waals surface area contributed by atoms with Gasteiger partial charge in [0.2, 0.25) is 11.8 Å². The van der Waals surface area contributed by atoms with Crippen molar-refractivity contribution in [2.24, 2.45) is 11.5 Å². The summed E-state index contributed by atoms with van der Waals surface area (Å²) >= 11 is 0. The van der Waals surface area contributed by atoms with E-state index in [1.54, 1.807) is 0 Å². The predicted molar refractivity (Wildman–Crippen MR) is 67.2 cm³/mol. The van der Waals surface area contributed by atoms with E-state index in [0.717, 1.165) is 0 Å². The molecular formula is C10H18N4O7. The number of aliphatic hydroxyl groups excluding tert-OH is 2. The van der Waals surface area contributed by atoms with Gasteiger partial charge >= 0.3 is 11.9 Å². The van der Waals surface area contributed by atoms with Crippen LogP contribution in [0, 0.1) is 0 Å². The van der Waals surface area contributed by atoms with Crippen LogP contribution in [-0.4, -0.2) is 72.4 Å². The Kier molecular flexibility index (Phi) is 8.80. The van der Waals surface area contributed by atoms with Gasteiger partial charge in [0.1, 0.15) is 0 Å². The molecule has 11 heteroatoms. The van der Waals surface area contributed by atoms with Gasteiger partial charge in [-0.2, -0.15) is 0 Å². The van der Waals surface area contributed by atoms with E-state index in [1.165, 1.54) is 0 Å². The fourth-order valence-electron chi connectivity index (χ4n) is 1.11. The van der Waals surface area contributed by atoms with Crippen molar-refractivity contribution in [2.75, 3.05) is 26.3 Å². The molecule has 0 radical (unpaired) electrons. The van der Waals surface area contributed by atoms with Gasteiger partial charge in [0, 0.05) is 0 Å². The van der Waals surface area contributed by atoms with Crippen molar-refractivity contribution in [1.29, 1.82) is 0 Å². The first kappa shape index (κ1) is 18.9. The SMILES string of the molecule is NCC(=O)N[C@@H](CO)C(=O)OC(=O)[C@H](CO)NC(=O)CN. The molecule has 0 fully saturated rings. The molecule has 0 aliphatic carbocycles. The number of amides is 2. The molecule has 0 rings (SSSR count). The topological polar surface area (TPSA) is 194 Å². The second kappa shape index (κ2) is 9.77. The number of esters is 2. The van der Waals surface area contributed by atoms with Crippen molar-refractivity contribution < 1.29 is 34.1 Å². The van der Waals surface area contributed by atoms with Crippen LogP contribution in [0.25, 0.3) is 0 Å². The van der Waals surface area contributed by atoms with Crippen molar-refractivity contribution >= 4 is 23.8 Å². The summed E-state index contributed by atoms with van der Waals surface area (Å²) in [5.41, 5.74) is 10.0. The fraction of sp³-hybridized carbons (Fsp3) is 0.600. The summed E-state index contributed by atoms with van der Waals surface area (Å²) in [5.74, 6) is -4.00. The third-order valence-electron chi connectivity index (χ3n) is 2.18. The van der Waals surface area contributed by atoms with Crippen LogP contribution in [0.4, 0.5) is 0 Å². The molecule has 8 N–H and O–H groups in total. The van der Waals surface area contributed by atoms with Crippen molar-refractivity contribution in [3.8, 4) is 0 Å². The highest BCUT2D eigenvalue weighted by Crippen LogP contribution is 1.94. The van der Waals surface area contributed by atoms with Crippen LogP contribution in [0.5, 0.6) is 0 Å². The summed E-state index contributed by atoms with van der Waals surface area (Å²) in [7, 11) is 0. The molecule has 0 aliphatic rings. The minimum Gasteiger partial charge on any atom is -0.394 e. The Morgan fingerprint density at radius 3 is 1.43 bits per heavy atom. The van der Waals surface area contributed by atoms with E-state index in [1.807, 2.05) is 10.6 Å². The Morgan fingerprint density at radius 1 is 0.857 bits per heavy atom. The van der Waals surface area contributed by atoms with Gasteiger partial charge in [0.25, 0.3) is 0 Å². The van der Waals surface area contributed by atoms with Gasteiger partial charge in [-0.25, -0.2) is 9.59 Å². The average Bonchev–Trinajstić information content (AvgIpc) is 2.48. The van der Waals surface area contributed by atoms with Gasteiger partial charge in [0.15, 0.2) is 12.1 Å². The molecule has 0 bridgehead atoms. The van der Waals surface area contributed by atoms with Crippen molar-refractivity contribution in [2.45, 2.75) is 12.1 Å². The lowest BCUT2D eigenvalue weighted by Crippen LogP contribution is -2.50. The zero-order valence-corrected chi connectivity index (χ0v) is 11.1. The lowest BCUT2D eigenvalue weighted by molar-refractivity contribution is -0.165. The number of rotatable bonds is 8. The van der Waals surface area contributed by atoms with Crippen molar-refractivity contribution in [1.82, 2.24) is 10.6 Å². The highest BCUT2D eigenvalue weighted by atomic mass is 16.6. The molecule has 0 aliphatic heterocycles. The zero-order valence-electron chi connectivity index (χ0n) is 11.1. The minimum atomic E-state index is -1.49. The van der Waals surface area contributed by atoms with Crippen LogP contribution in [0.1, 0.15) is 0 Å². The van der Waals surface area contributed by atoms with Crippen LogP contribution in [0.15, 0.2) is 0 Å². The Labute approximate surface area is 119 Å². The molecule has 0 spiro atoms. The second-order valence-electron chi connectivity index (χ2n) is 3.75. The Morgan fingerprint density at radius 2 is 1.19 bits per heavy atom. The number of hydrogen-bond donors (Lipinski definition) is 6. The van der Waals surface area contributed by atoms with Crippen LogP contribution < -0.4 is 22.1 Å². The zero-order chi connectivity index (χ0) is 16.4. The van der Waals surface area contributed by atoms with E-state index in [2.05, 4.69) is 4.74 Å². The quantitative estimate of drug-likeness (QED) is 0.188. The summed E-state index contributed by atoms with van der Waals surface area (Å²) in [5, 5.41) is 21.9. The Hall–Kier alpha value is -2.08. The summed E-state index contributed by atoms with van der Waals surface area (Å²) in [6, 6.07) is -2.98. The second-order valence-corrected chi connectivity index (χ2v) is 3.75. The lowest BCUT2D eigenvalue weighted by Gasteiger charge is -2.17. The maximum absolute atomic E-state index is 11.5. The molecule has 21 heavy (non-hydrogen) atoms. The van der Waals surface area contributed by atoms with Gasteiger partial charge in [-0.1, -0.05) is 0 Å². The van der Waals surface area contributed by atoms with Crippen LogP contribution in [-0.2, 0) is 23.9 Å². The Bertz CT molecular complexity index is 365. The minimum absolute atomic E-state index is 0.427. The van der Waals surface area contributed by atoms with E-state index in [0.29, 0.717) is 0 Å². The number of carbonyl (C=O) groups is 4. The van der Waals surface area contributed by atoms with Gasteiger partial charge in [-0.05, 0) is 0 Å². The maximum atomic E-state index is 11.5. The largest absolute Gasteiger partial charge is 0.394 e. The number of carbonyl (C=O) groups excluding carboxylic acids is 4. The van der Waals surface area contributed by atoms with Gasteiger partial charge < -0.3 is 37.1 Å². The molecule has 0 unspecified atom stereocenters. The van der Waals surface area contributed by atoms with E-state index in [9.17, 15) is 19.2 Å². The normalized spacial score (nSPS) is 13.0. The predicted octanol–water partition coefficient (Wildman–Crippen LogP) is -5.07. The number of aliphatic hydroxyl groups is 2. The third kappa shape index (κ3) is 6.76. The van der Waals surface area contributed by atoms with Crippen LogP contribution in [0.3, 0.4) is 0 Å². The third-order valence-corrected chi connectivity index (χ3v) is 2.18. The molecule has 120 valence electrons. The first-order valence-corrected chi connectivity index (χ1v) is 5.85. The highest BCUT2D eigenvalue weighted by Gasteiger charge is 2.28. The van der Waals surface area contributed by atoms with E-state index < -0.39 is 62.1 Å². The molecular weight excluding hydrogens is 288 g/mol. The number of nitrogens with one attached hydrogen (secondary N) is 2. The summed E-state index contributed by atoms with van der Waals surface area (Å²) in [6.07, 6.45) is 0.